The smallest absolute Gasteiger partial charge is 0.289 e. The highest BCUT2D eigenvalue weighted by atomic mass is 32.2. The van der Waals surface area contributed by atoms with E-state index in [1.54, 1.807) is 17.8 Å². The summed E-state index contributed by atoms with van der Waals surface area (Å²) in [5, 5.41) is 0. The van der Waals surface area contributed by atoms with E-state index in [0.29, 0.717) is 11.8 Å². The summed E-state index contributed by atoms with van der Waals surface area (Å²) >= 11 is 1.71. The first-order valence-corrected chi connectivity index (χ1v) is 9.31. The number of rotatable bonds is 4. The van der Waals surface area contributed by atoms with Gasteiger partial charge in [0, 0.05) is 30.1 Å². The van der Waals surface area contributed by atoms with Crippen LogP contribution in [0.1, 0.15) is 30.2 Å². The van der Waals surface area contributed by atoms with Crippen molar-refractivity contribution in [1.29, 1.82) is 0 Å². The van der Waals surface area contributed by atoms with Crippen LogP contribution in [-0.2, 0) is 5.75 Å². The Balaban J connectivity index is 1.63. The maximum atomic E-state index is 12.8. The number of thioether (sulfide) groups is 1. The largest absolute Gasteiger partial charge is 0.455 e. The topological polar surface area (TPSA) is 36.7 Å². The van der Waals surface area contributed by atoms with Crippen molar-refractivity contribution in [3.05, 3.63) is 54.0 Å². The average molecular weight is 344 g/mol. The lowest BCUT2D eigenvalue weighted by Gasteiger charge is -2.42. The third-order valence-electron chi connectivity index (χ3n) is 4.56. The summed E-state index contributed by atoms with van der Waals surface area (Å²) < 4.78 is 5.81. The van der Waals surface area contributed by atoms with Gasteiger partial charge in [-0.15, -0.1) is 11.8 Å². The van der Waals surface area contributed by atoms with Crippen molar-refractivity contribution in [3.63, 3.8) is 0 Å². The summed E-state index contributed by atoms with van der Waals surface area (Å²) in [5.41, 5.74) is 0. The predicted octanol–water partition coefficient (Wildman–Crippen LogP) is 3.74. The molecule has 2 heterocycles. The maximum absolute atomic E-state index is 12.8. The molecular weight excluding hydrogens is 320 g/mol. The van der Waals surface area contributed by atoms with Crippen LogP contribution in [-0.4, -0.2) is 47.9 Å². The number of carbonyl (C=O) groups is 1. The van der Waals surface area contributed by atoms with Crippen molar-refractivity contribution in [2.75, 3.05) is 20.1 Å². The lowest BCUT2D eigenvalue weighted by molar-refractivity contribution is 0.0369. The molecule has 1 saturated heterocycles. The van der Waals surface area contributed by atoms with Crippen molar-refractivity contribution in [2.45, 2.75) is 36.6 Å². The maximum Gasteiger partial charge on any atom is 0.289 e. The van der Waals surface area contributed by atoms with Gasteiger partial charge in [-0.1, -0.05) is 18.2 Å². The Morgan fingerprint density at radius 3 is 2.62 bits per heavy atom. The molecule has 0 unspecified atom stereocenters. The summed E-state index contributed by atoms with van der Waals surface area (Å²) in [6.45, 7) is 5.88. The highest BCUT2D eigenvalue weighted by Crippen LogP contribution is 2.24. The van der Waals surface area contributed by atoms with Gasteiger partial charge < -0.3 is 9.32 Å². The number of hydrogen-bond acceptors (Lipinski definition) is 4. The second-order valence-electron chi connectivity index (χ2n) is 6.46. The summed E-state index contributed by atoms with van der Waals surface area (Å²) in [6, 6.07) is 14.5. The zero-order chi connectivity index (χ0) is 17.1. The Morgan fingerprint density at radius 2 is 1.88 bits per heavy atom. The molecular formula is C19H24N2O2S. The molecule has 1 aromatic carbocycles. The van der Waals surface area contributed by atoms with E-state index in [-0.39, 0.29) is 11.9 Å². The number of likely N-dealkylation sites (N-methyl/N-ethyl adjacent to an activating group) is 1. The van der Waals surface area contributed by atoms with E-state index in [1.807, 2.05) is 29.2 Å². The first-order valence-electron chi connectivity index (χ1n) is 8.32. The molecule has 0 aliphatic carbocycles. The van der Waals surface area contributed by atoms with Crippen molar-refractivity contribution >= 4 is 17.7 Å². The highest BCUT2D eigenvalue weighted by Gasteiger charge is 2.31. The molecule has 4 nitrogen and oxygen atoms in total. The predicted molar refractivity (Wildman–Crippen MR) is 97.3 cm³/mol. The number of hydrogen-bond donors (Lipinski definition) is 0. The number of benzene rings is 1. The van der Waals surface area contributed by atoms with Gasteiger partial charge >= 0.3 is 0 Å². The van der Waals surface area contributed by atoms with E-state index in [2.05, 4.69) is 37.9 Å². The first kappa shape index (κ1) is 17.1. The van der Waals surface area contributed by atoms with Gasteiger partial charge in [-0.05, 0) is 45.2 Å². The number of amides is 1. The minimum atomic E-state index is -0.00147. The third kappa shape index (κ3) is 3.84. The second kappa shape index (κ2) is 7.45. The molecule has 0 N–H and O–H groups in total. The molecule has 1 amide bonds. The lowest BCUT2D eigenvalue weighted by atomic mass is 10.1. The Labute approximate surface area is 147 Å². The standard InChI is InChI=1S/C19H24N2O2S/c1-14-12-21(15(2)11-20(14)3)19(22)18-10-9-16(23-18)13-24-17-7-5-4-6-8-17/h4-10,14-15H,11-13H2,1-3H3/t14-,15+/m0/s1. The Hall–Kier alpha value is -1.72. The van der Waals surface area contributed by atoms with Gasteiger partial charge in [0.1, 0.15) is 5.76 Å². The quantitative estimate of drug-likeness (QED) is 0.792. The monoisotopic (exact) mass is 344 g/mol. The normalized spacial score (nSPS) is 21.9. The van der Waals surface area contributed by atoms with Crippen LogP contribution in [0.25, 0.3) is 0 Å². The van der Waals surface area contributed by atoms with Crippen LogP contribution >= 0.6 is 11.8 Å². The molecule has 2 atom stereocenters. The Kier molecular flexibility index (Phi) is 5.31. The number of nitrogens with zero attached hydrogens (tertiary/aromatic N) is 2. The molecule has 1 aliphatic rings. The van der Waals surface area contributed by atoms with Gasteiger partial charge in [-0.3, -0.25) is 9.69 Å². The van der Waals surface area contributed by atoms with E-state index in [0.717, 1.165) is 24.6 Å². The van der Waals surface area contributed by atoms with E-state index in [4.69, 9.17) is 4.42 Å². The number of carbonyl (C=O) groups excluding carboxylic acids is 1. The van der Waals surface area contributed by atoms with Crippen LogP contribution in [0.2, 0.25) is 0 Å². The number of furan rings is 1. The van der Waals surface area contributed by atoms with Crippen LogP contribution in [0.15, 0.2) is 51.8 Å². The van der Waals surface area contributed by atoms with Crippen LogP contribution in [0, 0.1) is 0 Å². The zero-order valence-corrected chi connectivity index (χ0v) is 15.3. The second-order valence-corrected chi connectivity index (χ2v) is 7.51. The van der Waals surface area contributed by atoms with Crippen molar-refractivity contribution < 1.29 is 9.21 Å². The van der Waals surface area contributed by atoms with E-state index < -0.39 is 0 Å². The molecule has 1 aromatic heterocycles. The Bertz CT molecular complexity index is 686. The molecule has 0 bridgehead atoms. The minimum Gasteiger partial charge on any atom is -0.455 e. The molecule has 1 fully saturated rings. The molecule has 0 radical (unpaired) electrons. The van der Waals surface area contributed by atoms with Crippen LogP contribution in [0.5, 0.6) is 0 Å². The molecule has 0 spiro atoms. The fourth-order valence-electron chi connectivity index (χ4n) is 2.97. The van der Waals surface area contributed by atoms with Crippen LogP contribution < -0.4 is 0 Å². The fraction of sp³-hybridized carbons (Fsp3) is 0.421. The lowest BCUT2D eigenvalue weighted by Crippen LogP contribution is -2.56. The Morgan fingerprint density at radius 1 is 1.12 bits per heavy atom. The highest BCUT2D eigenvalue weighted by molar-refractivity contribution is 7.98. The zero-order valence-electron chi connectivity index (χ0n) is 14.4. The fourth-order valence-corrected chi connectivity index (χ4v) is 3.78. The van der Waals surface area contributed by atoms with Crippen molar-refractivity contribution in [1.82, 2.24) is 9.80 Å². The first-order chi connectivity index (χ1) is 11.5. The van der Waals surface area contributed by atoms with Gasteiger partial charge in [0.05, 0.1) is 5.75 Å². The van der Waals surface area contributed by atoms with Crippen molar-refractivity contribution in [3.8, 4) is 0 Å². The minimum absolute atomic E-state index is 0.00147. The van der Waals surface area contributed by atoms with Crippen LogP contribution in [0.3, 0.4) is 0 Å². The van der Waals surface area contributed by atoms with Gasteiger partial charge in [0.2, 0.25) is 0 Å². The SMILES string of the molecule is C[C@@H]1CN(C)[C@@H](C)CN1C(=O)c1ccc(CSc2ccccc2)o1. The third-order valence-corrected chi connectivity index (χ3v) is 5.59. The molecule has 2 aromatic rings. The number of piperazine rings is 1. The van der Waals surface area contributed by atoms with E-state index in [9.17, 15) is 4.79 Å². The van der Waals surface area contributed by atoms with Gasteiger partial charge in [0.15, 0.2) is 5.76 Å². The molecule has 3 rings (SSSR count). The average Bonchev–Trinajstić information content (AvgIpc) is 3.06. The summed E-state index contributed by atoms with van der Waals surface area (Å²) in [4.78, 5) is 18.2. The summed E-state index contributed by atoms with van der Waals surface area (Å²) in [7, 11) is 2.11. The molecule has 0 saturated carbocycles. The molecule has 128 valence electrons. The van der Waals surface area contributed by atoms with Gasteiger partial charge in [-0.2, -0.15) is 0 Å². The molecule has 24 heavy (non-hydrogen) atoms. The molecule has 1 aliphatic heterocycles. The summed E-state index contributed by atoms with van der Waals surface area (Å²) in [6.07, 6.45) is 0. The summed E-state index contributed by atoms with van der Waals surface area (Å²) in [5.74, 6) is 2.01. The van der Waals surface area contributed by atoms with Gasteiger partial charge in [0.25, 0.3) is 5.91 Å². The van der Waals surface area contributed by atoms with E-state index in [1.165, 1.54) is 4.90 Å². The molecule has 5 heteroatoms. The van der Waals surface area contributed by atoms with Gasteiger partial charge in [-0.25, -0.2) is 0 Å². The van der Waals surface area contributed by atoms with Crippen LogP contribution in [0.4, 0.5) is 0 Å². The van der Waals surface area contributed by atoms with Crippen molar-refractivity contribution in [2.24, 2.45) is 0 Å². The van der Waals surface area contributed by atoms with E-state index >= 15 is 0 Å².